The first-order chi connectivity index (χ1) is 10.3. The van der Waals surface area contributed by atoms with Gasteiger partial charge in [-0.25, -0.2) is 4.68 Å². The lowest BCUT2D eigenvalue weighted by atomic mass is 10.2. The van der Waals surface area contributed by atoms with E-state index < -0.39 is 0 Å². The van der Waals surface area contributed by atoms with Crippen LogP contribution in [0.5, 0.6) is 0 Å². The van der Waals surface area contributed by atoms with Gasteiger partial charge >= 0.3 is 0 Å². The Morgan fingerprint density at radius 1 is 0.905 bits per heavy atom. The van der Waals surface area contributed by atoms with Crippen LogP contribution >= 0.6 is 23.4 Å². The van der Waals surface area contributed by atoms with Crippen LogP contribution < -0.4 is 0 Å². The minimum atomic E-state index is 0.750. The molecule has 0 aliphatic heterocycles. The van der Waals surface area contributed by atoms with Gasteiger partial charge in [0, 0.05) is 14.8 Å². The smallest absolute Gasteiger partial charge is 0.141 e. The third-order valence-corrected chi connectivity index (χ3v) is 3.94. The molecule has 4 nitrogen and oxygen atoms in total. The summed E-state index contributed by atoms with van der Waals surface area (Å²) in [5.74, 6) is 0. The van der Waals surface area contributed by atoms with Crippen molar-refractivity contribution in [3.8, 4) is 0 Å². The molecule has 0 fully saturated rings. The molecule has 2 aromatic carbocycles. The van der Waals surface area contributed by atoms with Crippen LogP contribution in [0.4, 0.5) is 0 Å². The van der Waals surface area contributed by atoms with E-state index in [2.05, 4.69) is 27.4 Å². The maximum atomic E-state index is 5.88. The van der Waals surface area contributed by atoms with E-state index in [1.54, 1.807) is 35.3 Å². The van der Waals surface area contributed by atoms with Crippen molar-refractivity contribution in [2.75, 3.05) is 0 Å². The van der Waals surface area contributed by atoms with Crippen molar-refractivity contribution >= 4 is 29.6 Å². The lowest BCUT2D eigenvalue weighted by Gasteiger charge is -2.02. The lowest BCUT2D eigenvalue weighted by Crippen LogP contribution is -1.87. The Hall–Kier alpha value is -2.11. The fraction of sp³-hybridized carbons (Fsp3) is 0. The van der Waals surface area contributed by atoms with Crippen LogP contribution in [-0.2, 0) is 0 Å². The standard InChI is InChI=1S/C15H11ClN4S/c16-13-3-7-15(8-4-13)21-14-5-1-12(2-6-14)9-19-20-10-17-18-11-20/h1-11H/b19-9+. The Morgan fingerprint density at radius 3 is 2.10 bits per heavy atom. The first kappa shape index (κ1) is 13.9. The van der Waals surface area contributed by atoms with Crippen LogP contribution in [0.1, 0.15) is 5.56 Å². The van der Waals surface area contributed by atoms with Crippen LogP contribution in [0, 0.1) is 0 Å². The van der Waals surface area contributed by atoms with Gasteiger partial charge < -0.3 is 0 Å². The molecule has 0 atom stereocenters. The number of hydrogen-bond acceptors (Lipinski definition) is 4. The molecule has 3 aromatic rings. The normalized spacial score (nSPS) is 11.1. The monoisotopic (exact) mass is 314 g/mol. The van der Waals surface area contributed by atoms with Crippen molar-refractivity contribution in [2.45, 2.75) is 9.79 Å². The number of rotatable bonds is 4. The molecule has 0 unspecified atom stereocenters. The molecule has 0 spiro atoms. The van der Waals surface area contributed by atoms with Gasteiger partial charge in [-0.15, -0.1) is 10.2 Å². The van der Waals surface area contributed by atoms with E-state index in [1.165, 1.54) is 4.90 Å². The molecule has 0 radical (unpaired) electrons. The van der Waals surface area contributed by atoms with Crippen LogP contribution in [0.15, 0.2) is 76.1 Å². The van der Waals surface area contributed by atoms with Gasteiger partial charge in [-0.05, 0) is 42.0 Å². The van der Waals surface area contributed by atoms with E-state index >= 15 is 0 Å². The molecule has 104 valence electrons. The highest BCUT2D eigenvalue weighted by atomic mass is 35.5. The molecule has 0 saturated heterocycles. The molecule has 0 N–H and O–H groups in total. The Bertz CT molecular complexity index is 721. The van der Waals surface area contributed by atoms with E-state index in [4.69, 9.17) is 11.6 Å². The molecule has 3 rings (SSSR count). The molecular weight excluding hydrogens is 304 g/mol. The van der Waals surface area contributed by atoms with E-state index in [1.807, 2.05) is 36.4 Å². The van der Waals surface area contributed by atoms with Crippen molar-refractivity contribution in [2.24, 2.45) is 5.10 Å². The van der Waals surface area contributed by atoms with Gasteiger partial charge in [-0.3, -0.25) is 0 Å². The predicted octanol–water partition coefficient (Wildman–Crippen LogP) is 3.96. The zero-order valence-corrected chi connectivity index (χ0v) is 12.5. The lowest BCUT2D eigenvalue weighted by molar-refractivity contribution is 0.878. The summed E-state index contributed by atoms with van der Waals surface area (Å²) in [5, 5.41) is 12.3. The molecule has 0 amide bonds. The van der Waals surface area contributed by atoms with Gasteiger partial charge in [0.1, 0.15) is 12.7 Å². The first-order valence-corrected chi connectivity index (χ1v) is 7.41. The molecule has 1 aromatic heterocycles. The van der Waals surface area contributed by atoms with Gasteiger partial charge in [-0.1, -0.05) is 35.5 Å². The van der Waals surface area contributed by atoms with Crippen LogP contribution in [-0.4, -0.2) is 21.1 Å². The average molecular weight is 315 g/mol. The fourth-order valence-corrected chi connectivity index (χ4v) is 2.59. The average Bonchev–Trinajstić information content (AvgIpc) is 3.02. The zero-order valence-electron chi connectivity index (χ0n) is 10.9. The maximum Gasteiger partial charge on any atom is 0.141 e. The molecule has 0 saturated carbocycles. The van der Waals surface area contributed by atoms with Crippen LogP contribution in [0.3, 0.4) is 0 Å². The summed E-state index contributed by atoms with van der Waals surface area (Å²) >= 11 is 7.57. The van der Waals surface area contributed by atoms with Gasteiger partial charge in [0.15, 0.2) is 0 Å². The van der Waals surface area contributed by atoms with Crippen LogP contribution in [0.25, 0.3) is 0 Å². The molecule has 0 bridgehead atoms. The highest BCUT2D eigenvalue weighted by Gasteiger charge is 1.98. The van der Waals surface area contributed by atoms with Crippen molar-refractivity contribution in [3.05, 3.63) is 71.8 Å². The van der Waals surface area contributed by atoms with Gasteiger partial charge in [-0.2, -0.15) is 5.10 Å². The minimum Gasteiger partial charge on any atom is -0.208 e. The number of benzene rings is 2. The zero-order chi connectivity index (χ0) is 14.5. The Balaban J connectivity index is 1.67. The molecule has 21 heavy (non-hydrogen) atoms. The van der Waals surface area contributed by atoms with E-state index in [0.29, 0.717) is 0 Å². The summed E-state index contributed by atoms with van der Waals surface area (Å²) in [6.07, 6.45) is 4.85. The van der Waals surface area contributed by atoms with Gasteiger partial charge in [0.25, 0.3) is 0 Å². The SMILES string of the molecule is Clc1ccc(Sc2ccc(/C=N/n3cnnc3)cc2)cc1. The highest BCUT2D eigenvalue weighted by molar-refractivity contribution is 7.99. The first-order valence-electron chi connectivity index (χ1n) is 6.22. The largest absolute Gasteiger partial charge is 0.208 e. The van der Waals surface area contributed by atoms with Gasteiger partial charge in [0.05, 0.1) is 6.21 Å². The molecule has 0 aliphatic carbocycles. The van der Waals surface area contributed by atoms with Crippen molar-refractivity contribution in [1.82, 2.24) is 14.9 Å². The Kier molecular flexibility index (Phi) is 4.33. The van der Waals surface area contributed by atoms with Crippen molar-refractivity contribution in [1.29, 1.82) is 0 Å². The predicted molar refractivity (Wildman–Crippen MR) is 85.0 cm³/mol. The number of nitrogens with zero attached hydrogens (tertiary/aromatic N) is 4. The molecule has 1 heterocycles. The summed E-state index contributed by atoms with van der Waals surface area (Å²) in [6.45, 7) is 0. The summed E-state index contributed by atoms with van der Waals surface area (Å²) in [6, 6.07) is 16.0. The minimum absolute atomic E-state index is 0.750. The number of aromatic nitrogens is 3. The van der Waals surface area contributed by atoms with E-state index in [9.17, 15) is 0 Å². The van der Waals surface area contributed by atoms with Crippen LogP contribution in [0.2, 0.25) is 5.02 Å². The second-order valence-corrected chi connectivity index (χ2v) is 5.79. The van der Waals surface area contributed by atoms with Gasteiger partial charge in [0.2, 0.25) is 0 Å². The van der Waals surface area contributed by atoms with E-state index in [0.717, 1.165) is 15.5 Å². The number of hydrogen-bond donors (Lipinski definition) is 0. The highest BCUT2D eigenvalue weighted by Crippen LogP contribution is 2.28. The second kappa shape index (κ2) is 6.56. The summed E-state index contributed by atoms with van der Waals surface area (Å²) in [4.78, 5) is 2.32. The van der Waals surface area contributed by atoms with Crippen molar-refractivity contribution < 1.29 is 0 Å². The fourth-order valence-electron chi connectivity index (χ4n) is 1.65. The Morgan fingerprint density at radius 2 is 1.48 bits per heavy atom. The van der Waals surface area contributed by atoms with Crippen molar-refractivity contribution in [3.63, 3.8) is 0 Å². The second-order valence-electron chi connectivity index (χ2n) is 4.21. The number of halogens is 1. The maximum absolute atomic E-state index is 5.88. The topological polar surface area (TPSA) is 43.1 Å². The quantitative estimate of drug-likeness (QED) is 0.684. The Labute approximate surface area is 131 Å². The summed E-state index contributed by atoms with van der Waals surface area (Å²) < 4.78 is 1.55. The third-order valence-electron chi connectivity index (χ3n) is 2.68. The summed E-state index contributed by atoms with van der Waals surface area (Å²) in [7, 11) is 0. The van der Waals surface area contributed by atoms with E-state index in [-0.39, 0.29) is 0 Å². The molecular formula is C15H11ClN4S. The molecule has 6 heteroatoms. The summed E-state index contributed by atoms with van der Waals surface area (Å²) in [5.41, 5.74) is 1.02. The molecule has 0 aliphatic rings. The third kappa shape index (κ3) is 3.93.